The van der Waals surface area contributed by atoms with Crippen molar-refractivity contribution in [3.8, 4) is 5.75 Å². The SMILES string of the molecule is CCN(CC)C(=O)c1ccc2c(c1)N(CC(=O)N1CCN(c3cccc(Cl)c3)CC1)C(=O)CO2. The summed E-state index contributed by atoms with van der Waals surface area (Å²) in [5.41, 5.74) is 1.95. The Morgan fingerprint density at radius 3 is 2.44 bits per heavy atom. The molecule has 3 amide bonds. The Hall–Kier alpha value is -3.26. The second-order valence-electron chi connectivity index (χ2n) is 8.28. The lowest BCUT2D eigenvalue weighted by molar-refractivity contribution is -0.132. The van der Waals surface area contributed by atoms with Crippen molar-refractivity contribution in [2.24, 2.45) is 0 Å². The molecular weight excluding hydrogens is 456 g/mol. The molecule has 2 aromatic carbocycles. The molecule has 0 unspecified atom stereocenters. The van der Waals surface area contributed by atoms with Gasteiger partial charge in [-0.3, -0.25) is 19.3 Å². The van der Waals surface area contributed by atoms with Crippen LogP contribution in [0.1, 0.15) is 24.2 Å². The molecule has 0 spiro atoms. The molecule has 2 aliphatic heterocycles. The number of fused-ring (bicyclic) bond motifs is 1. The first-order valence-electron chi connectivity index (χ1n) is 11.6. The van der Waals surface area contributed by atoms with E-state index in [1.165, 1.54) is 4.90 Å². The van der Waals surface area contributed by atoms with Crippen LogP contribution in [0.25, 0.3) is 0 Å². The second-order valence-corrected chi connectivity index (χ2v) is 8.71. The molecule has 0 aliphatic carbocycles. The number of piperazine rings is 1. The third-order valence-electron chi connectivity index (χ3n) is 6.30. The fraction of sp³-hybridized carbons (Fsp3) is 0.400. The molecular formula is C25H29ClN4O4. The van der Waals surface area contributed by atoms with Crippen LogP contribution in [0.5, 0.6) is 5.75 Å². The van der Waals surface area contributed by atoms with Crippen LogP contribution < -0.4 is 14.5 Å². The van der Waals surface area contributed by atoms with Gasteiger partial charge in [-0.1, -0.05) is 17.7 Å². The number of hydrogen-bond acceptors (Lipinski definition) is 5. The molecule has 0 aromatic heterocycles. The molecule has 1 saturated heterocycles. The Labute approximate surface area is 204 Å². The van der Waals surface area contributed by atoms with Gasteiger partial charge < -0.3 is 19.4 Å². The summed E-state index contributed by atoms with van der Waals surface area (Å²) in [4.78, 5) is 45.7. The third kappa shape index (κ3) is 4.97. The largest absolute Gasteiger partial charge is 0.482 e. The molecule has 0 N–H and O–H groups in total. The fourth-order valence-corrected chi connectivity index (χ4v) is 4.51. The summed E-state index contributed by atoms with van der Waals surface area (Å²) in [7, 11) is 0. The molecule has 8 nitrogen and oxygen atoms in total. The number of benzene rings is 2. The predicted molar refractivity (Wildman–Crippen MR) is 132 cm³/mol. The number of carbonyl (C=O) groups is 3. The standard InChI is InChI=1S/C25H29ClN4O4/c1-3-27(4-2)25(33)18-8-9-22-21(14-18)30(24(32)17-34-22)16-23(31)29-12-10-28(11-13-29)20-7-5-6-19(26)15-20/h5-9,14-15H,3-4,10-13,16-17H2,1-2H3. The van der Waals surface area contributed by atoms with Crippen molar-refractivity contribution in [1.82, 2.24) is 9.80 Å². The van der Waals surface area contributed by atoms with Gasteiger partial charge >= 0.3 is 0 Å². The molecule has 2 heterocycles. The minimum atomic E-state index is -0.300. The lowest BCUT2D eigenvalue weighted by atomic mass is 10.1. The first kappa shape index (κ1) is 23.9. The molecule has 0 atom stereocenters. The first-order valence-corrected chi connectivity index (χ1v) is 11.9. The number of hydrogen-bond donors (Lipinski definition) is 0. The molecule has 1 fully saturated rings. The smallest absolute Gasteiger partial charge is 0.265 e. The van der Waals surface area contributed by atoms with Crippen LogP contribution in [-0.4, -0.2) is 79.9 Å². The van der Waals surface area contributed by atoms with E-state index in [1.54, 1.807) is 28.0 Å². The minimum absolute atomic E-state index is 0.0880. The highest BCUT2D eigenvalue weighted by Gasteiger charge is 2.31. The highest BCUT2D eigenvalue weighted by Crippen LogP contribution is 2.33. The minimum Gasteiger partial charge on any atom is -0.482 e. The van der Waals surface area contributed by atoms with E-state index in [2.05, 4.69) is 4.90 Å². The number of ether oxygens (including phenoxy) is 1. The normalized spacial score (nSPS) is 15.6. The van der Waals surface area contributed by atoms with Crippen LogP contribution >= 0.6 is 11.6 Å². The zero-order valence-electron chi connectivity index (χ0n) is 19.5. The summed E-state index contributed by atoms with van der Waals surface area (Å²) in [6.07, 6.45) is 0. The van der Waals surface area contributed by atoms with Crippen LogP contribution in [-0.2, 0) is 9.59 Å². The Morgan fingerprint density at radius 2 is 1.76 bits per heavy atom. The van der Waals surface area contributed by atoms with Crippen molar-refractivity contribution in [3.05, 3.63) is 53.1 Å². The van der Waals surface area contributed by atoms with Gasteiger partial charge in [0, 0.05) is 55.5 Å². The molecule has 9 heteroatoms. The Balaban J connectivity index is 1.46. The lowest BCUT2D eigenvalue weighted by Gasteiger charge is -2.37. The van der Waals surface area contributed by atoms with E-state index in [0.717, 1.165) is 5.69 Å². The van der Waals surface area contributed by atoms with E-state index in [1.807, 2.05) is 38.1 Å². The van der Waals surface area contributed by atoms with Crippen LogP contribution in [0.3, 0.4) is 0 Å². The molecule has 180 valence electrons. The molecule has 34 heavy (non-hydrogen) atoms. The van der Waals surface area contributed by atoms with Crippen molar-refractivity contribution < 1.29 is 19.1 Å². The zero-order valence-corrected chi connectivity index (χ0v) is 20.3. The number of halogens is 1. The average Bonchev–Trinajstić information content (AvgIpc) is 2.86. The number of amides is 3. The molecule has 0 saturated carbocycles. The van der Waals surface area contributed by atoms with E-state index in [-0.39, 0.29) is 30.9 Å². The summed E-state index contributed by atoms with van der Waals surface area (Å²) < 4.78 is 5.56. The summed E-state index contributed by atoms with van der Waals surface area (Å²) >= 11 is 6.11. The van der Waals surface area contributed by atoms with Crippen LogP contribution in [0, 0.1) is 0 Å². The maximum Gasteiger partial charge on any atom is 0.265 e. The molecule has 4 rings (SSSR count). The van der Waals surface area contributed by atoms with E-state index < -0.39 is 0 Å². The van der Waals surface area contributed by atoms with Gasteiger partial charge in [-0.15, -0.1) is 0 Å². The van der Waals surface area contributed by atoms with E-state index in [0.29, 0.717) is 61.3 Å². The van der Waals surface area contributed by atoms with Crippen molar-refractivity contribution in [2.45, 2.75) is 13.8 Å². The summed E-state index contributed by atoms with van der Waals surface area (Å²) in [5, 5.41) is 0.680. The van der Waals surface area contributed by atoms with Crippen LogP contribution in [0.4, 0.5) is 11.4 Å². The predicted octanol–water partition coefficient (Wildman–Crippen LogP) is 2.90. The van der Waals surface area contributed by atoms with Gasteiger partial charge in [0.25, 0.3) is 11.8 Å². The average molecular weight is 485 g/mol. The van der Waals surface area contributed by atoms with Crippen molar-refractivity contribution in [2.75, 3.05) is 62.2 Å². The van der Waals surface area contributed by atoms with Crippen molar-refractivity contribution >= 4 is 40.7 Å². The molecule has 0 radical (unpaired) electrons. The van der Waals surface area contributed by atoms with Gasteiger partial charge in [-0.05, 0) is 50.2 Å². The highest BCUT2D eigenvalue weighted by molar-refractivity contribution is 6.30. The first-order chi connectivity index (χ1) is 16.4. The highest BCUT2D eigenvalue weighted by atomic mass is 35.5. The monoisotopic (exact) mass is 484 g/mol. The van der Waals surface area contributed by atoms with Gasteiger partial charge in [-0.25, -0.2) is 0 Å². The van der Waals surface area contributed by atoms with Gasteiger partial charge in [0.05, 0.1) is 5.69 Å². The topological polar surface area (TPSA) is 73.4 Å². The Kier molecular flexibility index (Phi) is 7.26. The van der Waals surface area contributed by atoms with Crippen LogP contribution in [0.15, 0.2) is 42.5 Å². The van der Waals surface area contributed by atoms with Gasteiger partial charge in [0.15, 0.2) is 6.61 Å². The maximum atomic E-state index is 13.1. The number of rotatable bonds is 6. The third-order valence-corrected chi connectivity index (χ3v) is 6.53. The number of nitrogens with zero attached hydrogens (tertiary/aromatic N) is 4. The summed E-state index contributed by atoms with van der Waals surface area (Å²) in [6, 6.07) is 12.7. The van der Waals surface area contributed by atoms with E-state index >= 15 is 0 Å². The van der Waals surface area contributed by atoms with Gasteiger partial charge in [-0.2, -0.15) is 0 Å². The van der Waals surface area contributed by atoms with E-state index in [9.17, 15) is 14.4 Å². The number of anilines is 2. The molecule has 2 aromatic rings. The van der Waals surface area contributed by atoms with Gasteiger partial charge in [0.2, 0.25) is 5.91 Å². The quantitative estimate of drug-likeness (QED) is 0.630. The second kappa shape index (κ2) is 10.3. The summed E-state index contributed by atoms with van der Waals surface area (Å²) in [5.74, 6) is -0.0539. The van der Waals surface area contributed by atoms with Crippen LogP contribution in [0.2, 0.25) is 5.02 Å². The van der Waals surface area contributed by atoms with Crippen molar-refractivity contribution in [3.63, 3.8) is 0 Å². The Bertz CT molecular complexity index is 1080. The number of carbonyl (C=O) groups excluding carboxylic acids is 3. The molecule has 2 aliphatic rings. The fourth-order valence-electron chi connectivity index (χ4n) is 4.32. The van der Waals surface area contributed by atoms with E-state index in [4.69, 9.17) is 16.3 Å². The lowest BCUT2D eigenvalue weighted by Crippen LogP contribution is -2.53. The van der Waals surface area contributed by atoms with Gasteiger partial charge in [0.1, 0.15) is 12.3 Å². The summed E-state index contributed by atoms with van der Waals surface area (Å²) in [6.45, 7) is 7.27. The maximum absolute atomic E-state index is 13.1. The zero-order chi connectivity index (χ0) is 24.2. The Morgan fingerprint density at radius 1 is 1.03 bits per heavy atom. The molecule has 0 bridgehead atoms. The van der Waals surface area contributed by atoms with Crippen molar-refractivity contribution in [1.29, 1.82) is 0 Å².